The van der Waals surface area contributed by atoms with Gasteiger partial charge in [0, 0.05) is 31.1 Å². The molecule has 0 bridgehead atoms. The average Bonchev–Trinajstić information content (AvgIpc) is 2.56. The molecule has 1 N–H and O–H groups in total. The van der Waals surface area contributed by atoms with Crippen molar-refractivity contribution >= 4 is 27.8 Å². The molecule has 6 heteroatoms. The molecule has 1 atom stereocenters. The number of aryl methyl sites for hydroxylation is 2. The zero-order chi connectivity index (χ0) is 17.7. The van der Waals surface area contributed by atoms with Crippen molar-refractivity contribution in [3.63, 3.8) is 0 Å². The maximum Gasteiger partial charge on any atom is 0.313 e. The molecule has 132 valence electrons. The summed E-state index contributed by atoms with van der Waals surface area (Å²) >= 11 is 3.47. The van der Waals surface area contributed by atoms with Crippen molar-refractivity contribution in [3.8, 4) is 0 Å². The minimum Gasteiger partial charge on any atom is -0.481 e. The van der Waals surface area contributed by atoms with E-state index < -0.39 is 11.4 Å². The highest BCUT2D eigenvalue weighted by molar-refractivity contribution is 9.10. The van der Waals surface area contributed by atoms with Gasteiger partial charge in [0.25, 0.3) is 0 Å². The van der Waals surface area contributed by atoms with Crippen LogP contribution in [0.25, 0.3) is 0 Å². The van der Waals surface area contributed by atoms with Crippen LogP contribution in [0, 0.1) is 12.3 Å². The quantitative estimate of drug-likeness (QED) is 0.800. The van der Waals surface area contributed by atoms with Crippen LogP contribution in [0.4, 0.5) is 0 Å². The van der Waals surface area contributed by atoms with Gasteiger partial charge in [0.05, 0.1) is 6.61 Å². The molecule has 0 aliphatic carbocycles. The maximum atomic E-state index is 12.5. The van der Waals surface area contributed by atoms with Crippen LogP contribution in [0.3, 0.4) is 0 Å². The topological polar surface area (TPSA) is 66.8 Å². The van der Waals surface area contributed by atoms with Gasteiger partial charge in [-0.2, -0.15) is 0 Å². The number of methoxy groups -OCH3 is 1. The Labute approximate surface area is 151 Å². The molecule has 0 spiro atoms. The summed E-state index contributed by atoms with van der Waals surface area (Å²) in [4.78, 5) is 25.9. The lowest BCUT2D eigenvalue weighted by Gasteiger charge is -2.39. The van der Waals surface area contributed by atoms with E-state index in [0.717, 1.165) is 15.6 Å². The Bertz CT molecular complexity index is 615. The third-order valence-electron chi connectivity index (χ3n) is 4.65. The van der Waals surface area contributed by atoms with E-state index in [1.165, 1.54) is 7.11 Å². The lowest BCUT2D eigenvalue weighted by atomic mass is 9.80. The first-order valence-electron chi connectivity index (χ1n) is 8.13. The van der Waals surface area contributed by atoms with E-state index >= 15 is 0 Å². The summed E-state index contributed by atoms with van der Waals surface area (Å²) in [5.74, 6) is -0.873. The molecular formula is C18H24BrNO4. The Hall–Kier alpha value is -1.40. The van der Waals surface area contributed by atoms with E-state index in [1.807, 2.05) is 19.1 Å². The van der Waals surface area contributed by atoms with Gasteiger partial charge in [0.15, 0.2) is 0 Å². The minimum atomic E-state index is -0.975. The Balaban J connectivity index is 1.98. The summed E-state index contributed by atoms with van der Waals surface area (Å²) in [6.07, 6.45) is 2.29. The van der Waals surface area contributed by atoms with E-state index in [-0.39, 0.29) is 19.1 Å². The van der Waals surface area contributed by atoms with Crippen LogP contribution in [-0.2, 0) is 20.7 Å². The Kier molecular flexibility index (Phi) is 6.40. The number of piperidine rings is 1. The molecule has 1 aromatic rings. The molecule has 2 rings (SSSR count). The number of carboxylic acids is 1. The Morgan fingerprint density at radius 1 is 1.42 bits per heavy atom. The van der Waals surface area contributed by atoms with Crippen molar-refractivity contribution in [1.82, 2.24) is 4.90 Å². The molecule has 1 aromatic carbocycles. The van der Waals surface area contributed by atoms with Crippen LogP contribution in [0.5, 0.6) is 0 Å². The van der Waals surface area contributed by atoms with Crippen molar-refractivity contribution in [2.45, 2.75) is 32.6 Å². The van der Waals surface area contributed by atoms with E-state index in [4.69, 9.17) is 4.74 Å². The predicted molar refractivity (Wildman–Crippen MR) is 95.0 cm³/mol. The summed E-state index contributed by atoms with van der Waals surface area (Å²) in [7, 11) is 1.50. The number of benzene rings is 1. The first kappa shape index (κ1) is 18.9. The molecule has 1 unspecified atom stereocenters. The van der Waals surface area contributed by atoms with Crippen molar-refractivity contribution in [2.75, 3.05) is 26.8 Å². The highest BCUT2D eigenvalue weighted by Gasteiger charge is 2.43. The fourth-order valence-electron chi connectivity index (χ4n) is 3.25. The van der Waals surface area contributed by atoms with Crippen molar-refractivity contribution in [2.24, 2.45) is 5.41 Å². The number of hydrogen-bond donors (Lipinski definition) is 1. The first-order valence-corrected chi connectivity index (χ1v) is 8.92. The number of carboxylic acid groups (broad SMARTS) is 1. The van der Waals surface area contributed by atoms with E-state index in [2.05, 4.69) is 22.0 Å². The molecule has 0 radical (unpaired) electrons. The molecule has 1 aliphatic heterocycles. The Morgan fingerprint density at radius 3 is 2.79 bits per heavy atom. The number of ether oxygens (including phenoxy) is 1. The summed E-state index contributed by atoms with van der Waals surface area (Å²) in [6, 6.07) is 6.07. The van der Waals surface area contributed by atoms with Crippen molar-refractivity contribution < 1.29 is 19.4 Å². The van der Waals surface area contributed by atoms with Crippen LogP contribution in [-0.4, -0.2) is 48.7 Å². The molecule has 1 aliphatic rings. The van der Waals surface area contributed by atoms with Gasteiger partial charge in [0.2, 0.25) is 5.91 Å². The SMILES string of the molecule is COCC1(C(=O)O)CCCN(C(=O)CCc2ccc(Br)c(C)c2)C1. The largest absolute Gasteiger partial charge is 0.481 e. The minimum absolute atomic E-state index is 0.0111. The van der Waals surface area contributed by atoms with Crippen LogP contribution < -0.4 is 0 Å². The van der Waals surface area contributed by atoms with Crippen molar-refractivity contribution in [1.29, 1.82) is 0 Å². The monoisotopic (exact) mass is 397 g/mol. The second-order valence-corrected chi connectivity index (χ2v) is 7.38. The number of carbonyl (C=O) groups is 2. The van der Waals surface area contributed by atoms with Gasteiger partial charge in [0.1, 0.15) is 5.41 Å². The number of rotatable bonds is 6. The van der Waals surface area contributed by atoms with Crippen LogP contribution in [0.1, 0.15) is 30.4 Å². The number of halogens is 1. The first-order chi connectivity index (χ1) is 11.4. The normalized spacial score (nSPS) is 20.9. The zero-order valence-electron chi connectivity index (χ0n) is 14.2. The second-order valence-electron chi connectivity index (χ2n) is 6.52. The number of nitrogens with zero attached hydrogens (tertiary/aromatic N) is 1. The molecule has 1 amide bonds. The molecule has 1 saturated heterocycles. The third kappa shape index (κ3) is 4.36. The standard InChI is InChI=1S/C18H24BrNO4/c1-13-10-14(4-6-15(13)19)5-7-16(21)20-9-3-8-18(11-20,12-24-2)17(22)23/h4,6,10H,3,5,7-9,11-12H2,1-2H3,(H,22,23). The van der Waals surface area contributed by atoms with E-state index in [0.29, 0.717) is 32.2 Å². The number of hydrogen-bond acceptors (Lipinski definition) is 3. The van der Waals surface area contributed by atoms with Crippen LogP contribution in [0.2, 0.25) is 0 Å². The lowest BCUT2D eigenvalue weighted by molar-refractivity contribution is -0.159. The fourth-order valence-corrected chi connectivity index (χ4v) is 3.49. The highest BCUT2D eigenvalue weighted by Crippen LogP contribution is 2.31. The molecule has 5 nitrogen and oxygen atoms in total. The van der Waals surface area contributed by atoms with Crippen LogP contribution >= 0.6 is 15.9 Å². The van der Waals surface area contributed by atoms with Gasteiger partial charge in [-0.05, 0) is 43.4 Å². The van der Waals surface area contributed by atoms with Gasteiger partial charge in [-0.25, -0.2) is 0 Å². The number of amides is 1. The molecule has 1 fully saturated rings. The van der Waals surface area contributed by atoms with Crippen molar-refractivity contribution in [3.05, 3.63) is 33.8 Å². The summed E-state index contributed by atoms with van der Waals surface area (Å²) in [6.45, 7) is 3.01. The van der Waals surface area contributed by atoms with Gasteiger partial charge in [-0.1, -0.05) is 28.1 Å². The van der Waals surface area contributed by atoms with Crippen LogP contribution in [0.15, 0.2) is 22.7 Å². The smallest absolute Gasteiger partial charge is 0.313 e. The van der Waals surface area contributed by atoms with Gasteiger partial charge < -0.3 is 14.7 Å². The highest BCUT2D eigenvalue weighted by atomic mass is 79.9. The predicted octanol–water partition coefficient (Wildman–Crippen LogP) is 3.03. The molecule has 0 saturated carbocycles. The third-order valence-corrected chi connectivity index (χ3v) is 5.54. The summed E-state index contributed by atoms with van der Waals surface area (Å²) in [5, 5.41) is 9.56. The molecular weight excluding hydrogens is 374 g/mol. The second kappa shape index (κ2) is 8.12. The van der Waals surface area contributed by atoms with E-state index in [1.54, 1.807) is 4.90 Å². The number of likely N-dealkylation sites (tertiary alicyclic amines) is 1. The van der Waals surface area contributed by atoms with Gasteiger partial charge in [-0.15, -0.1) is 0 Å². The molecule has 0 aromatic heterocycles. The summed E-state index contributed by atoms with van der Waals surface area (Å²) in [5.41, 5.74) is 1.28. The average molecular weight is 398 g/mol. The lowest BCUT2D eigenvalue weighted by Crippen LogP contribution is -2.52. The maximum absolute atomic E-state index is 12.5. The molecule has 24 heavy (non-hydrogen) atoms. The Morgan fingerprint density at radius 2 is 2.17 bits per heavy atom. The fraction of sp³-hybridized carbons (Fsp3) is 0.556. The zero-order valence-corrected chi connectivity index (χ0v) is 15.8. The summed E-state index contributed by atoms with van der Waals surface area (Å²) < 4.78 is 6.16. The van der Waals surface area contributed by atoms with E-state index in [9.17, 15) is 14.7 Å². The number of carbonyl (C=O) groups excluding carboxylic acids is 1. The molecule has 1 heterocycles. The van der Waals surface area contributed by atoms with Gasteiger partial charge in [-0.3, -0.25) is 9.59 Å². The number of aliphatic carboxylic acids is 1. The van der Waals surface area contributed by atoms with Gasteiger partial charge >= 0.3 is 5.97 Å².